The van der Waals surface area contributed by atoms with Gasteiger partial charge in [0.2, 0.25) is 11.8 Å². The van der Waals surface area contributed by atoms with Crippen LogP contribution in [0.5, 0.6) is 0 Å². The van der Waals surface area contributed by atoms with Crippen molar-refractivity contribution >= 4 is 11.8 Å². The van der Waals surface area contributed by atoms with Crippen molar-refractivity contribution < 1.29 is 9.59 Å². The van der Waals surface area contributed by atoms with Gasteiger partial charge in [-0.2, -0.15) is 5.10 Å². The molecule has 2 aromatic heterocycles. The molecular weight excluding hydrogens is 358 g/mol. The Hall–Kier alpha value is -2.68. The zero-order valence-electron chi connectivity index (χ0n) is 16.3. The van der Waals surface area contributed by atoms with E-state index >= 15 is 0 Å². The largest absolute Gasteiger partial charge is 0.356 e. The third-order valence-corrected chi connectivity index (χ3v) is 5.28. The summed E-state index contributed by atoms with van der Waals surface area (Å²) in [5, 5.41) is 10.0. The van der Waals surface area contributed by atoms with Crippen molar-refractivity contribution in [3.05, 3.63) is 37.2 Å². The van der Waals surface area contributed by atoms with Crippen LogP contribution in [0.1, 0.15) is 25.7 Å². The van der Waals surface area contributed by atoms with Gasteiger partial charge in [0.1, 0.15) is 6.54 Å². The second-order valence-corrected chi connectivity index (χ2v) is 7.27. The van der Waals surface area contributed by atoms with E-state index in [1.54, 1.807) is 35.7 Å². The summed E-state index contributed by atoms with van der Waals surface area (Å²) in [7, 11) is 2.04. The minimum Gasteiger partial charge on any atom is -0.356 e. The number of nitrogens with one attached hydrogen (secondary N) is 2. The van der Waals surface area contributed by atoms with Crippen LogP contribution in [-0.2, 0) is 22.7 Å². The molecule has 3 rings (SSSR count). The SMILES string of the molecule is CN1[C@@H](CC(=O)NCCCn2ccnc2)CC[C@H]1CNC(=O)Cn1cccn1. The highest BCUT2D eigenvalue weighted by Crippen LogP contribution is 2.24. The molecule has 2 amide bonds. The molecule has 0 bridgehead atoms. The van der Waals surface area contributed by atoms with Crippen LogP contribution in [-0.4, -0.2) is 68.3 Å². The van der Waals surface area contributed by atoms with Crippen molar-refractivity contribution in [2.24, 2.45) is 0 Å². The Morgan fingerprint density at radius 3 is 2.71 bits per heavy atom. The number of hydrogen-bond acceptors (Lipinski definition) is 5. The molecule has 28 heavy (non-hydrogen) atoms. The van der Waals surface area contributed by atoms with E-state index in [-0.39, 0.29) is 30.4 Å². The number of likely N-dealkylation sites (N-methyl/N-ethyl adjacent to an activating group) is 1. The number of imidazole rings is 1. The summed E-state index contributed by atoms with van der Waals surface area (Å²) in [5.41, 5.74) is 0. The average Bonchev–Trinajstić information content (AvgIpc) is 3.42. The van der Waals surface area contributed by atoms with E-state index in [0.717, 1.165) is 25.8 Å². The number of nitrogens with zero attached hydrogens (tertiary/aromatic N) is 5. The summed E-state index contributed by atoms with van der Waals surface area (Å²) in [4.78, 5) is 30.5. The van der Waals surface area contributed by atoms with Gasteiger partial charge < -0.3 is 15.2 Å². The molecule has 2 aromatic rings. The van der Waals surface area contributed by atoms with Crippen LogP contribution in [0.25, 0.3) is 0 Å². The Bertz CT molecular complexity index is 730. The fourth-order valence-corrected chi connectivity index (χ4v) is 3.61. The van der Waals surface area contributed by atoms with Crippen LogP contribution < -0.4 is 10.6 Å². The highest BCUT2D eigenvalue weighted by molar-refractivity contribution is 5.76. The molecule has 1 aliphatic rings. The van der Waals surface area contributed by atoms with Gasteiger partial charge in [-0.1, -0.05) is 0 Å². The molecule has 9 heteroatoms. The van der Waals surface area contributed by atoms with Gasteiger partial charge in [0.25, 0.3) is 0 Å². The van der Waals surface area contributed by atoms with Crippen molar-refractivity contribution in [3.8, 4) is 0 Å². The van der Waals surface area contributed by atoms with E-state index in [9.17, 15) is 9.59 Å². The maximum atomic E-state index is 12.2. The molecule has 152 valence electrons. The number of rotatable bonds is 10. The summed E-state index contributed by atoms with van der Waals surface area (Å²) in [6, 6.07) is 2.29. The van der Waals surface area contributed by atoms with Crippen LogP contribution in [0.15, 0.2) is 37.2 Å². The minimum absolute atomic E-state index is 0.0452. The Morgan fingerprint density at radius 1 is 1.11 bits per heavy atom. The summed E-state index contributed by atoms with van der Waals surface area (Å²) in [6.07, 6.45) is 12.2. The maximum absolute atomic E-state index is 12.2. The highest BCUT2D eigenvalue weighted by atomic mass is 16.2. The molecule has 0 aromatic carbocycles. The first-order valence-corrected chi connectivity index (χ1v) is 9.80. The molecule has 0 radical (unpaired) electrons. The van der Waals surface area contributed by atoms with Gasteiger partial charge >= 0.3 is 0 Å². The lowest BCUT2D eigenvalue weighted by atomic mass is 10.1. The number of hydrogen-bond donors (Lipinski definition) is 2. The van der Waals surface area contributed by atoms with E-state index in [0.29, 0.717) is 19.5 Å². The lowest BCUT2D eigenvalue weighted by Gasteiger charge is -2.25. The number of aryl methyl sites for hydroxylation is 1. The topological polar surface area (TPSA) is 97.1 Å². The minimum atomic E-state index is -0.0452. The highest BCUT2D eigenvalue weighted by Gasteiger charge is 2.31. The Kier molecular flexibility index (Phi) is 7.18. The number of amides is 2. The van der Waals surface area contributed by atoms with E-state index < -0.39 is 0 Å². The quantitative estimate of drug-likeness (QED) is 0.570. The molecule has 1 aliphatic heterocycles. The summed E-state index contributed by atoms with van der Waals surface area (Å²) >= 11 is 0. The van der Waals surface area contributed by atoms with Crippen LogP contribution >= 0.6 is 0 Å². The van der Waals surface area contributed by atoms with Crippen molar-refractivity contribution in [3.63, 3.8) is 0 Å². The fraction of sp³-hybridized carbons (Fsp3) is 0.579. The standard InChI is InChI=1S/C19H29N7O2/c1-24-16(12-18(27)21-6-2-9-25-11-8-20-15-25)4-5-17(24)13-22-19(28)14-26-10-3-7-23-26/h3,7-8,10-11,15-17H,2,4-6,9,12-14H2,1H3,(H,21,27)(H,22,28)/t16-,17+/m1/s1. The lowest BCUT2D eigenvalue weighted by molar-refractivity contribution is -0.123. The van der Waals surface area contributed by atoms with E-state index in [4.69, 9.17) is 0 Å². The molecule has 3 heterocycles. The van der Waals surface area contributed by atoms with Gasteiger partial charge in [-0.15, -0.1) is 0 Å². The van der Waals surface area contributed by atoms with E-state index in [2.05, 4.69) is 25.6 Å². The Labute approximate surface area is 165 Å². The summed E-state index contributed by atoms with van der Waals surface area (Å²) in [5.74, 6) is 0.0436. The Morgan fingerprint density at radius 2 is 1.96 bits per heavy atom. The number of carbonyl (C=O) groups is 2. The van der Waals surface area contributed by atoms with Gasteiger partial charge in [0.15, 0.2) is 0 Å². The van der Waals surface area contributed by atoms with Crippen LogP contribution in [0.3, 0.4) is 0 Å². The van der Waals surface area contributed by atoms with Crippen LogP contribution in [0, 0.1) is 0 Å². The normalized spacial score (nSPS) is 19.6. The molecule has 1 saturated heterocycles. The summed E-state index contributed by atoms with van der Waals surface area (Å²) in [6.45, 7) is 2.35. The first-order valence-electron chi connectivity index (χ1n) is 9.80. The first kappa shape index (κ1) is 20.1. The Balaban J connectivity index is 1.31. The number of carbonyl (C=O) groups excluding carboxylic acids is 2. The zero-order valence-corrected chi connectivity index (χ0v) is 16.3. The molecule has 0 unspecified atom stereocenters. The van der Waals surface area contributed by atoms with Gasteiger partial charge in [0, 0.05) is 62.9 Å². The lowest BCUT2D eigenvalue weighted by Crippen LogP contribution is -2.43. The van der Waals surface area contributed by atoms with Crippen LogP contribution in [0.4, 0.5) is 0 Å². The first-order chi connectivity index (χ1) is 13.6. The molecule has 2 N–H and O–H groups in total. The molecule has 0 saturated carbocycles. The van der Waals surface area contributed by atoms with Crippen molar-refractivity contribution in [1.29, 1.82) is 0 Å². The van der Waals surface area contributed by atoms with Gasteiger partial charge in [-0.25, -0.2) is 4.98 Å². The van der Waals surface area contributed by atoms with E-state index in [1.807, 2.05) is 17.8 Å². The van der Waals surface area contributed by atoms with Crippen molar-refractivity contribution in [1.82, 2.24) is 34.9 Å². The van der Waals surface area contributed by atoms with Gasteiger partial charge in [0.05, 0.1) is 6.33 Å². The van der Waals surface area contributed by atoms with Crippen molar-refractivity contribution in [2.45, 2.75) is 50.9 Å². The second-order valence-electron chi connectivity index (χ2n) is 7.27. The monoisotopic (exact) mass is 387 g/mol. The van der Waals surface area contributed by atoms with Gasteiger partial charge in [-0.05, 0) is 32.4 Å². The van der Waals surface area contributed by atoms with Crippen LogP contribution in [0.2, 0.25) is 0 Å². The molecular formula is C19H29N7O2. The van der Waals surface area contributed by atoms with Crippen molar-refractivity contribution in [2.75, 3.05) is 20.1 Å². The summed E-state index contributed by atoms with van der Waals surface area (Å²) < 4.78 is 3.61. The van der Waals surface area contributed by atoms with Gasteiger partial charge in [-0.3, -0.25) is 19.2 Å². The smallest absolute Gasteiger partial charge is 0.241 e. The third-order valence-electron chi connectivity index (χ3n) is 5.28. The molecule has 0 spiro atoms. The molecule has 1 fully saturated rings. The zero-order chi connectivity index (χ0) is 19.8. The number of likely N-dealkylation sites (tertiary alicyclic amines) is 1. The molecule has 0 aliphatic carbocycles. The maximum Gasteiger partial charge on any atom is 0.241 e. The average molecular weight is 387 g/mol. The van der Waals surface area contributed by atoms with E-state index in [1.165, 1.54) is 0 Å². The third kappa shape index (κ3) is 5.91. The predicted octanol–water partition coefficient (Wildman–Crippen LogP) is 0.255. The predicted molar refractivity (Wildman–Crippen MR) is 104 cm³/mol. The second kappa shape index (κ2) is 10.0. The fourth-order valence-electron chi connectivity index (χ4n) is 3.61. The number of aromatic nitrogens is 4. The molecule has 2 atom stereocenters. The molecule has 9 nitrogen and oxygen atoms in total.